The Bertz CT molecular complexity index is 408. The van der Waals surface area contributed by atoms with Crippen LogP contribution < -0.4 is 11.1 Å². The van der Waals surface area contributed by atoms with Crippen molar-refractivity contribution in [1.82, 2.24) is 5.32 Å². The number of ether oxygens (including phenoxy) is 1. The normalized spacial score (nSPS) is 25.6. The summed E-state index contributed by atoms with van der Waals surface area (Å²) in [5.74, 6) is -0.505. The lowest BCUT2D eigenvalue weighted by Crippen LogP contribution is -2.37. The molecule has 0 aromatic carbocycles. The molecule has 4 N–H and O–H groups in total. The molecule has 2 unspecified atom stereocenters. The van der Waals surface area contributed by atoms with Gasteiger partial charge >= 0.3 is 5.97 Å². The zero-order valence-electron chi connectivity index (χ0n) is 11.5. The van der Waals surface area contributed by atoms with Crippen LogP contribution in [0.2, 0.25) is 0 Å². The van der Waals surface area contributed by atoms with Gasteiger partial charge in [0.05, 0.1) is 0 Å². The fourth-order valence-corrected chi connectivity index (χ4v) is 3.15. The topological polar surface area (TPSA) is 102 Å². The maximum Gasteiger partial charge on any atom is 0.326 e. The highest BCUT2D eigenvalue weighted by atomic mass is 16.5. The van der Waals surface area contributed by atoms with Crippen molar-refractivity contribution in [3.05, 3.63) is 11.3 Å². The Morgan fingerprint density at radius 2 is 2.25 bits per heavy atom. The zero-order chi connectivity index (χ0) is 14.5. The molecule has 112 valence electrons. The average Bonchev–Trinajstić information content (AvgIpc) is 2.97. The minimum Gasteiger partial charge on any atom is -0.480 e. The number of nitrogens with two attached hydrogens (primary N) is 1. The molecule has 0 heterocycles. The van der Waals surface area contributed by atoms with Gasteiger partial charge in [-0.05, 0) is 44.2 Å². The van der Waals surface area contributed by atoms with Crippen LogP contribution in [0.1, 0.15) is 38.5 Å². The van der Waals surface area contributed by atoms with E-state index in [1.165, 1.54) is 5.57 Å². The van der Waals surface area contributed by atoms with Gasteiger partial charge in [-0.15, -0.1) is 0 Å². The van der Waals surface area contributed by atoms with Crippen LogP contribution >= 0.6 is 0 Å². The first-order chi connectivity index (χ1) is 9.65. The van der Waals surface area contributed by atoms with E-state index in [1.807, 2.05) is 0 Å². The molecule has 0 radical (unpaired) electrons. The summed E-state index contributed by atoms with van der Waals surface area (Å²) in [4.78, 5) is 21.7. The van der Waals surface area contributed by atoms with E-state index in [1.54, 1.807) is 0 Å². The molecule has 2 rings (SSSR count). The second-order valence-electron chi connectivity index (χ2n) is 5.54. The number of fused-ring (bicyclic) bond motifs is 2. The zero-order valence-corrected chi connectivity index (χ0v) is 11.5. The molecule has 1 fully saturated rings. The van der Waals surface area contributed by atoms with Crippen LogP contribution in [-0.4, -0.2) is 36.2 Å². The largest absolute Gasteiger partial charge is 0.480 e. The molecule has 0 aromatic rings. The highest BCUT2D eigenvalue weighted by Crippen LogP contribution is 2.44. The fourth-order valence-electron chi connectivity index (χ4n) is 3.15. The molecule has 2 aliphatic carbocycles. The summed E-state index contributed by atoms with van der Waals surface area (Å²) in [5.41, 5.74) is 7.69. The molecule has 0 aliphatic heterocycles. The molecule has 6 nitrogen and oxygen atoms in total. The number of unbranched alkanes of at least 4 members (excludes halogenated alkanes) is 1. The van der Waals surface area contributed by atoms with E-state index in [0.29, 0.717) is 25.4 Å². The first kappa shape index (κ1) is 14.8. The molecule has 0 amide bonds. The van der Waals surface area contributed by atoms with Gasteiger partial charge in [0.15, 0.2) is 0 Å². The van der Waals surface area contributed by atoms with Crippen LogP contribution in [0.25, 0.3) is 0 Å². The predicted octanol–water partition coefficient (Wildman–Crippen LogP) is 0.768. The van der Waals surface area contributed by atoms with Crippen molar-refractivity contribution < 1.29 is 19.4 Å². The van der Waals surface area contributed by atoms with Crippen molar-refractivity contribution in [1.29, 1.82) is 0 Å². The van der Waals surface area contributed by atoms with Crippen LogP contribution in [0.4, 0.5) is 0 Å². The first-order valence-corrected chi connectivity index (χ1v) is 7.15. The number of allylic oxidation sites excluding steroid dienone is 1. The molecule has 2 aliphatic rings. The van der Waals surface area contributed by atoms with E-state index in [2.05, 4.69) is 5.32 Å². The quantitative estimate of drug-likeness (QED) is 0.426. The van der Waals surface area contributed by atoms with Gasteiger partial charge in [0.25, 0.3) is 6.47 Å². The third-order valence-corrected chi connectivity index (χ3v) is 4.20. The molecule has 3 atom stereocenters. The lowest BCUT2D eigenvalue weighted by atomic mass is 9.99. The van der Waals surface area contributed by atoms with Crippen molar-refractivity contribution in [3.8, 4) is 0 Å². The smallest absolute Gasteiger partial charge is 0.326 e. The van der Waals surface area contributed by atoms with Gasteiger partial charge in [0.2, 0.25) is 0 Å². The number of hydrogen-bond donors (Lipinski definition) is 3. The van der Waals surface area contributed by atoms with Gasteiger partial charge in [-0.1, -0.05) is 0 Å². The molecule has 0 spiro atoms. The van der Waals surface area contributed by atoms with E-state index < -0.39 is 12.0 Å². The van der Waals surface area contributed by atoms with Crippen molar-refractivity contribution >= 4 is 12.4 Å². The van der Waals surface area contributed by atoms with Crippen molar-refractivity contribution in [2.75, 3.05) is 6.54 Å². The Morgan fingerprint density at radius 3 is 2.80 bits per heavy atom. The maximum atomic E-state index is 11.3. The SMILES string of the molecule is NCCCC[C@H](NC1=C2CC(C1)C(OC=O)C2)C(=O)O. The van der Waals surface area contributed by atoms with Crippen molar-refractivity contribution in [2.24, 2.45) is 11.7 Å². The highest BCUT2D eigenvalue weighted by Gasteiger charge is 2.40. The highest BCUT2D eigenvalue weighted by molar-refractivity contribution is 5.73. The van der Waals surface area contributed by atoms with E-state index in [0.717, 1.165) is 37.8 Å². The number of carbonyl (C=O) groups is 2. The molecule has 2 bridgehead atoms. The molecular weight excluding hydrogens is 260 g/mol. The van der Waals surface area contributed by atoms with Crippen molar-refractivity contribution in [2.45, 2.75) is 50.7 Å². The molecule has 0 aromatic heterocycles. The average molecular weight is 282 g/mol. The molecule has 0 saturated heterocycles. The summed E-state index contributed by atoms with van der Waals surface area (Å²) in [6, 6.07) is -0.547. The summed E-state index contributed by atoms with van der Waals surface area (Å²) in [5, 5.41) is 12.4. The Balaban J connectivity index is 1.90. The third kappa shape index (κ3) is 3.30. The van der Waals surface area contributed by atoms with E-state index >= 15 is 0 Å². The number of carboxylic acids is 1. The van der Waals surface area contributed by atoms with Gasteiger partial charge in [0, 0.05) is 18.0 Å². The van der Waals surface area contributed by atoms with Crippen LogP contribution in [-0.2, 0) is 14.3 Å². The lowest BCUT2D eigenvalue weighted by molar-refractivity contribution is -0.139. The minimum atomic E-state index is -0.821. The predicted molar refractivity (Wildman–Crippen MR) is 72.8 cm³/mol. The van der Waals surface area contributed by atoms with Crippen LogP contribution in [0.3, 0.4) is 0 Å². The Morgan fingerprint density at radius 1 is 1.45 bits per heavy atom. The minimum absolute atomic E-state index is 0.0198. The molecule has 6 heteroatoms. The number of nitrogens with one attached hydrogen (secondary N) is 1. The van der Waals surface area contributed by atoms with Crippen molar-refractivity contribution in [3.63, 3.8) is 0 Å². The second kappa shape index (κ2) is 6.74. The monoisotopic (exact) mass is 282 g/mol. The summed E-state index contributed by atoms with van der Waals surface area (Å²) in [7, 11) is 0. The second-order valence-corrected chi connectivity index (χ2v) is 5.54. The summed E-state index contributed by atoms with van der Waals surface area (Å²) < 4.78 is 5.04. The van der Waals surface area contributed by atoms with Gasteiger partial charge in [-0.3, -0.25) is 4.79 Å². The number of rotatable bonds is 9. The number of carbonyl (C=O) groups excluding carboxylic acids is 1. The Kier molecular flexibility index (Phi) is 5.00. The molecule has 1 saturated carbocycles. The summed E-state index contributed by atoms with van der Waals surface area (Å²) >= 11 is 0. The Labute approximate surface area is 118 Å². The number of aliphatic carboxylic acids is 1. The van der Waals surface area contributed by atoms with Gasteiger partial charge in [0.1, 0.15) is 12.1 Å². The van der Waals surface area contributed by atoms with E-state index in [-0.39, 0.29) is 6.10 Å². The van der Waals surface area contributed by atoms with Crippen LogP contribution in [0, 0.1) is 5.92 Å². The van der Waals surface area contributed by atoms with Gasteiger partial charge in [-0.2, -0.15) is 0 Å². The maximum absolute atomic E-state index is 11.3. The van der Waals surface area contributed by atoms with Gasteiger partial charge < -0.3 is 20.9 Å². The van der Waals surface area contributed by atoms with Gasteiger partial charge in [-0.25, -0.2) is 4.79 Å². The molecular formula is C14H22N2O4. The Hall–Kier alpha value is -1.56. The lowest BCUT2D eigenvalue weighted by Gasteiger charge is -2.24. The van der Waals surface area contributed by atoms with Crippen LogP contribution in [0.15, 0.2) is 11.3 Å². The summed E-state index contributed by atoms with van der Waals surface area (Å²) in [6.45, 7) is 1.10. The fraction of sp³-hybridized carbons (Fsp3) is 0.714. The van der Waals surface area contributed by atoms with E-state index in [9.17, 15) is 14.7 Å². The third-order valence-electron chi connectivity index (χ3n) is 4.20. The molecule has 20 heavy (non-hydrogen) atoms. The van der Waals surface area contributed by atoms with Crippen LogP contribution in [0.5, 0.6) is 0 Å². The first-order valence-electron chi connectivity index (χ1n) is 7.15. The summed E-state index contributed by atoms with van der Waals surface area (Å²) in [6.07, 6.45) is 4.65. The van der Waals surface area contributed by atoms with E-state index in [4.69, 9.17) is 10.5 Å². The number of hydrogen-bond acceptors (Lipinski definition) is 5. The standard InChI is InChI=1S/C14H22N2O4/c15-4-2-1-3-11(14(18)19)16-12-6-10-5-9(12)7-13(10)20-8-17/h8,10-11,13,16H,1-7,15H2,(H,18,19)/t10?,11-,13?/m0/s1. The number of carboxylic acid groups (broad SMARTS) is 1.